The minimum atomic E-state index is -1.05. The van der Waals surface area contributed by atoms with Crippen molar-refractivity contribution in [2.45, 2.75) is 12.5 Å². The van der Waals surface area contributed by atoms with Crippen LogP contribution in [0.15, 0.2) is 42.6 Å². The summed E-state index contributed by atoms with van der Waals surface area (Å²) in [7, 11) is 0. The van der Waals surface area contributed by atoms with Crippen LogP contribution in [0.2, 0.25) is 0 Å². The molecule has 3 rings (SSSR count). The Bertz CT molecular complexity index is 899. The summed E-state index contributed by atoms with van der Waals surface area (Å²) in [6.45, 7) is 0. The Hall–Kier alpha value is -2.48. The summed E-state index contributed by atoms with van der Waals surface area (Å²) >= 11 is 1.64. The third-order valence-electron chi connectivity index (χ3n) is 3.75. The number of rotatable bonds is 6. The van der Waals surface area contributed by atoms with Crippen LogP contribution in [-0.4, -0.2) is 32.5 Å². The molecule has 0 aliphatic heterocycles. The SMILES string of the molecule is CSCCC(NC(=O)c1ccc(F)c(F)c1)c1nnc2ccccn12. The van der Waals surface area contributed by atoms with Crippen LogP contribution in [0.3, 0.4) is 0 Å². The molecule has 1 aromatic carbocycles. The van der Waals surface area contributed by atoms with Gasteiger partial charge in [0.2, 0.25) is 0 Å². The average Bonchev–Trinajstić information content (AvgIpc) is 3.05. The molecular weight excluding hydrogens is 346 g/mol. The van der Waals surface area contributed by atoms with Gasteiger partial charge >= 0.3 is 0 Å². The van der Waals surface area contributed by atoms with E-state index < -0.39 is 23.6 Å². The maximum Gasteiger partial charge on any atom is 0.251 e. The van der Waals surface area contributed by atoms with Crippen LogP contribution in [0.25, 0.3) is 5.65 Å². The number of nitrogens with one attached hydrogen (secondary N) is 1. The molecule has 0 spiro atoms. The Morgan fingerprint density at radius 1 is 1.24 bits per heavy atom. The molecule has 0 saturated heterocycles. The monoisotopic (exact) mass is 362 g/mol. The molecule has 1 N–H and O–H groups in total. The number of thioether (sulfide) groups is 1. The van der Waals surface area contributed by atoms with Crippen LogP contribution in [0.1, 0.15) is 28.6 Å². The van der Waals surface area contributed by atoms with Crippen LogP contribution in [0, 0.1) is 11.6 Å². The number of aromatic nitrogens is 3. The minimum Gasteiger partial charge on any atom is -0.342 e. The standard InChI is InChI=1S/C17H16F2N4OS/c1-25-9-7-14(16-22-21-15-4-2-3-8-23(15)16)20-17(24)11-5-6-12(18)13(19)10-11/h2-6,8,10,14H,7,9H2,1H3,(H,20,24). The van der Waals surface area contributed by atoms with Crippen molar-refractivity contribution in [2.24, 2.45) is 0 Å². The lowest BCUT2D eigenvalue weighted by Gasteiger charge is -2.17. The number of carbonyl (C=O) groups excluding carboxylic acids is 1. The molecule has 2 heterocycles. The molecule has 0 saturated carbocycles. The van der Waals surface area contributed by atoms with Crippen molar-refractivity contribution in [1.82, 2.24) is 19.9 Å². The summed E-state index contributed by atoms with van der Waals surface area (Å²) in [5.74, 6) is -1.14. The first kappa shape index (κ1) is 17.3. The Kier molecular flexibility index (Phi) is 5.28. The number of halogens is 2. The number of amides is 1. The molecule has 1 unspecified atom stereocenters. The molecule has 25 heavy (non-hydrogen) atoms. The summed E-state index contributed by atoms with van der Waals surface area (Å²) in [6, 6.07) is 8.20. The van der Waals surface area contributed by atoms with E-state index in [-0.39, 0.29) is 5.56 Å². The van der Waals surface area contributed by atoms with Gasteiger partial charge in [-0.2, -0.15) is 11.8 Å². The summed E-state index contributed by atoms with van der Waals surface area (Å²) in [5.41, 5.74) is 0.732. The van der Waals surface area contributed by atoms with E-state index in [2.05, 4.69) is 15.5 Å². The molecule has 1 atom stereocenters. The molecule has 0 aliphatic rings. The third-order valence-corrected chi connectivity index (χ3v) is 4.39. The van der Waals surface area contributed by atoms with Gasteiger partial charge in [-0.1, -0.05) is 6.07 Å². The van der Waals surface area contributed by atoms with Crippen molar-refractivity contribution in [2.75, 3.05) is 12.0 Å². The smallest absolute Gasteiger partial charge is 0.251 e. The Morgan fingerprint density at radius 2 is 2.08 bits per heavy atom. The van der Waals surface area contributed by atoms with E-state index in [9.17, 15) is 13.6 Å². The Morgan fingerprint density at radius 3 is 2.84 bits per heavy atom. The fourth-order valence-corrected chi connectivity index (χ4v) is 2.95. The van der Waals surface area contributed by atoms with E-state index >= 15 is 0 Å². The lowest BCUT2D eigenvalue weighted by Crippen LogP contribution is -2.30. The number of pyridine rings is 1. The van der Waals surface area contributed by atoms with Gasteiger partial charge in [0, 0.05) is 11.8 Å². The second-order valence-electron chi connectivity index (χ2n) is 5.42. The molecule has 0 aliphatic carbocycles. The summed E-state index contributed by atoms with van der Waals surface area (Å²) in [5, 5.41) is 11.1. The first-order valence-corrected chi connectivity index (χ1v) is 9.04. The Labute approximate surface area is 147 Å². The molecule has 1 amide bonds. The van der Waals surface area contributed by atoms with E-state index in [1.807, 2.05) is 30.7 Å². The normalized spacial score (nSPS) is 12.3. The van der Waals surface area contributed by atoms with E-state index in [1.165, 1.54) is 6.07 Å². The quantitative estimate of drug-likeness (QED) is 0.731. The largest absolute Gasteiger partial charge is 0.342 e. The van der Waals surface area contributed by atoms with Gasteiger partial charge in [0.15, 0.2) is 23.1 Å². The molecule has 2 aromatic heterocycles. The summed E-state index contributed by atoms with van der Waals surface area (Å²) in [6.07, 6.45) is 4.42. The minimum absolute atomic E-state index is 0.0573. The highest BCUT2D eigenvalue weighted by molar-refractivity contribution is 7.98. The summed E-state index contributed by atoms with van der Waals surface area (Å²) < 4.78 is 28.2. The second kappa shape index (κ2) is 7.60. The molecule has 5 nitrogen and oxygen atoms in total. The number of benzene rings is 1. The number of nitrogens with zero attached hydrogens (tertiary/aromatic N) is 3. The molecule has 3 aromatic rings. The fourth-order valence-electron chi connectivity index (χ4n) is 2.48. The summed E-state index contributed by atoms with van der Waals surface area (Å²) in [4.78, 5) is 12.4. The molecule has 130 valence electrons. The van der Waals surface area contributed by atoms with Gasteiger partial charge in [0.05, 0.1) is 6.04 Å². The third kappa shape index (κ3) is 3.79. The van der Waals surface area contributed by atoms with E-state index in [4.69, 9.17) is 0 Å². The first-order valence-electron chi connectivity index (χ1n) is 7.64. The fraction of sp³-hybridized carbons (Fsp3) is 0.235. The number of fused-ring (bicyclic) bond motifs is 1. The van der Waals surface area contributed by atoms with Crippen LogP contribution in [0.5, 0.6) is 0 Å². The Balaban J connectivity index is 1.88. The topological polar surface area (TPSA) is 59.3 Å². The van der Waals surface area contributed by atoms with E-state index in [0.717, 1.165) is 17.9 Å². The number of hydrogen-bond acceptors (Lipinski definition) is 4. The highest BCUT2D eigenvalue weighted by Gasteiger charge is 2.21. The van der Waals surface area contributed by atoms with Crippen molar-refractivity contribution in [3.05, 3.63) is 65.6 Å². The van der Waals surface area contributed by atoms with Crippen LogP contribution in [-0.2, 0) is 0 Å². The van der Waals surface area contributed by atoms with Gasteiger partial charge < -0.3 is 5.32 Å². The number of hydrogen-bond donors (Lipinski definition) is 1. The zero-order valence-electron chi connectivity index (χ0n) is 13.4. The van der Waals surface area contributed by atoms with Crippen LogP contribution >= 0.6 is 11.8 Å². The lowest BCUT2D eigenvalue weighted by atomic mass is 10.1. The highest BCUT2D eigenvalue weighted by Crippen LogP contribution is 2.19. The highest BCUT2D eigenvalue weighted by atomic mass is 32.2. The first-order chi connectivity index (χ1) is 12.1. The van der Waals surface area contributed by atoms with Crippen molar-refractivity contribution in [1.29, 1.82) is 0 Å². The maximum atomic E-state index is 13.4. The molecule has 0 fully saturated rings. The van der Waals surface area contributed by atoms with Crippen molar-refractivity contribution in [3.63, 3.8) is 0 Å². The maximum absolute atomic E-state index is 13.4. The predicted molar refractivity (Wildman–Crippen MR) is 92.6 cm³/mol. The molecule has 8 heteroatoms. The lowest BCUT2D eigenvalue weighted by molar-refractivity contribution is 0.0933. The van der Waals surface area contributed by atoms with Gasteiger partial charge in [0.25, 0.3) is 5.91 Å². The molecule has 0 radical (unpaired) electrons. The average molecular weight is 362 g/mol. The molecular formula is C17H16F2N4OS. The van der Waals surface area contributed by atoms with Crippen molar-refractivity contribution in [3.8, 4) is 0 Å². The van der Waals surface area contributed by atoms with Crippen LogP contribution in [0.4, 0.5) is 8.78 Å². The van der Waals surface area contributed by atoms with E-state index in [0.29, 0.717) is 17.9 Å². The zero-order valence-corrected chi connectivity index (χ0v) is 14.3. The van der Waals surface area contributed by atoms with Crippen LogP contribution < -0.4 is 5.32 Å². The van der Waals surface area contributed by atoms with Crippen molar-refractivity contribution >= 4 is 23.3 Å². The number of carbonyl (C=O) groups is 1. The van der Waals surface area contributed by atoms with Gasteiger partial charge in [-0.15, -0.1) is 10.2 Å². The van der Waals surface area contributed by atoms with Crippen molar-refractivity contribution < 1.29 is 13.6 Å². The van der Waals surface area contributed by atoms with E-state index in [1.54, 1.807) is 16.2 Å². The second-order valence-corrected chi connectivity index (χ2v) is 6.41. The van der Waals surface area contributed by atoms with Gasteiger partial charge in [-0.3, -0.25) is 9.20 Å². The van der Waals surface area contributed by atoms with Gasteiger partial charge in [-0.25, -0.2) is 8.78 Å². The zero-order chi connectivity index (χ0) is 17.8. The predicted octanol–water partition coefficient (Wildman–Crippen LogP) is 3.23. The molecule has 0 bridgehead atoms. The van der Waals surface area contributed by atoms with Gasteiger partial charge in [0.1, 0.15) is 0 Å². The van der Waals surface area contributed by atoms with Gasteiger partial charge in [-0.05, 0) is 48.8 Å².